The van der Waals surface area contributed by atoms with E-state index in [2.05, 4.69) is 39.4 Å². The Morgan fingerprint density at radius 2 is 1.88 bits per heavy atom. The van der Waals surface area contributed by atoms with Gasteiger partial charge in [0.05, 0.1) is 0 Å². The minimum Gasteiger partial charge on any atom is -0.372 e. The Kier molecular flexibility index (Phi) is 8.40. The summed E-state index contributed by atoms with van der Waals surface area (Å²) < 4.78 is 39.8. The summed E-state index contributed by atoms with van der Waals surface area (Å²) in [7, 11) is 0. The smallest absolute Gasteiger partial charge is 0.372 e. The zero-order valence-electron chi connectivity index (χ0n) is 9.69. The largest absolute Gasteiger partial charge is 0.411 e. The topological polar surface area (TPSA) is 12.5 Å². The van der Waals surface area contributed by atoms with Crippen LogP contribution in [0.5, 0.6) is 0 Å². The number of hydrogen-bond acceptors (Lipinski definition) is 2. The second-order valence-electron chi connectivity index (χ2n) is 3.84. The van der Waals surface area contributed by atoms with Crippen molar-refractivity contribution in [1.29, 1.82) is 0 Å². The lowest BCUT2D eigenvalue weighted by atomic mass is 10.3. The van der Waals surface area contributed by atoms with Crippen molar-refractivity contribution in [1.82, 2.24) is 4.90 Å². The first-order valence-corrected chi connectivity index (χ1v) is 6.43. The lowest BCUT2D eigenvalue weighted by molar-refractivity contribution is -0.174. The van der Waals surface area contributed by atoms with Crippen molar-refractivity contribution < 1.29 is 17.9 Å². The van der Waals surface area contributed by atoms with E-state index in [4.69, 9.17) is 0 Å². The van der Waals surface area contributed by atoms with Crippen LogP contribution in [0.25, 0.3) is 0 Å². The van der Waals surface area contributed by atoms with Gasteiger partial charge in [-0.25, -0.2) is 0 Å². The van der Waals surface area contributed by atoms with Crippen LogP contribution < -0.4 is 0 Å². The van der Waals surface area contributed by atoms with E-state index in [0.29, 0.717) is 12.5 Å². The lowest BCUT2D eigenvalue weighted by Gasteiger charge is -2.25. The Morgan fingerprint density at radius 1 is 1.25 bits per heavy atom. The lowest BCUT2D eigenvalue weighted by Crippen LogP contribution is -2.34. The molecule has 0 rings (SSSR count). The van der Waals surface area contributed by atoms with Gasteiger partial charge in [0.15, 0.2) is 0 Å². The van der Waals surface area contributed by atoms with Crippen molar-refractivity contribution in [2.75, 3.05) is 31.6 Å². The van der Waals surface area contributed by atoms with Crippen molar-refractivity contribution >= 4 is 15.9 Å². The van der Waals surface area contributed by atoms with Crippen LogP contribution in [0.3, 0.4) is 0 Å². The number of hydrogen-bond donors (Lipinski definition) is 0. The van der Waals surface area contributed by atoms with Crippen molar-refractivity contribution in [3.05, 3.63) is 0 Å². The van der Waals surface area contributed by atoms with Gasteiger partial charge in [-0.1, -0.05) is 15.9 Å². The Morgan fingerprint density at radius 3 is 2.31 bits per heavy atom. The van der Waals surface area contributed by atoms with Crippen molar-refractivity contribution in [3.8, 4) is 0 Å². The Labute approximate surface area is 103 Å². The van der Waals surface area contributed by atoms with Gasteiger partial charge in [0.1, 0.15) is 6.61 Å². The summed E-state index contributed by atoms with van der Waals surface area (Å²) in [6.45, 7) is 4.81. The van der Waals surface area contributed by atoms with E-state index < -0.39 is 12.8 Å². The quantitative estimate of drug-likeness (QED) is 0.505. The molecule has 0 aliphatic heterocycles. The van der Waals surface area contributed by atoms with Crippen LogP contribution in [-0.2, 0) is 4.74 Å². The average Bonchev–Trinajstić information content (AvgIpc) is 2.13. The molecule has 98 valence electrons. The zero-order valence-corrected chi connectivity index (χ0v) is 11.3. The maximum absolute atomic E-state index is 11.7. The predicted octanol–water partition coefficient (Wildman–Crippen LogP) is 3.06. The van der Waals surface area contributed by atoms with Gasteiger partial charge < -0.3 is 9.64 Å². The molecular formula is C10H19BrF3NO. The minimum absolute atomic E-state index is 0.158. The van der Waals surface area contributed by atoms with Gasteiger partial charge in [0, 0.05) is 31.1 Å². The fourth-order valence-electron chi connectivity index (χ4n) is 1.29. The van der Waals surface area contributed by atoms with Gasteiger partial charge in [0.2, 0.25) is 0 Å². The molecule has 0 aromatic heterocycles. The molecule has 0 fully saturated rings. The first-order chi connectivity index (χ1) is 7.37. The fourth-order valence-corrected chi connectivity index (χ4v) is 1.75. The van der Waals surface area contributed by atoms with Crippen molar-refractivity contribution in [3.63, 3.8) is 0 Å². The number of nitrogens with zero attached hydrogens (tertiary/aromatic N) is 1. The van der Waals surface area contributed by atoms with Crippen LogP contribution in [0.2, 0.25) is 0 Å². The maximum atomic E-state index is 11.7. The summed E-state index contributed by atoms with van der Waals surface area (Å²) >= 11 is 3.35. The third-order valence-electron chi connectivity index (χ3n) is 2.10. The summed E-state index contributed by atoms with van der Waals surface area (Å²) in [4.78, 5) is 2.20. The minimum atomic E-state index is -4.21. The standard InChI is InChI=1S/C10H19BrF3NO/c1-9(2)15(6-4-11)5-3-7-16-8-10(12,13)14/h9H,3-8H2,1-2H3. The van der Waals surface area contributed by atoms with E-state index in [1.807, 2.05) is 0 Å². The van der Waals surface area contributed by atoms with Crippen molar-refractivity contribution in [2.45, 2.75) is 32.5 Å². The molecule has 0 aromatic rings. The van der Waals surface area contributed by atoms with E-state index in [0.717, 1.165) is 18.4 Å². The highest BCUT2D eigenvalue weighted by atomic mass is 79.9. The van der Waals surface area contributed by atoms with Crippen LogP contribution in [0.4, 0.5) is 13.2 Å². The molecule has 2 nitrogen and oxygen atoms in total. The molecule has 16 heavy (non-hydrogen) atoms. The average molecular weight is 306 g/mol. The first-order valence-electron chi connectivity index (χ1n) is 5.31. The van der Waals surface area contributed by atoms with Crippen LogP contribution in [0.15, 0.2) is 0 Å². The second kappa shape index (κ2) is 8.31. The second-order valence-corrected chi connectivity index (χ2v) is 4.63. The summed E-state index contributed by atoms with van der Waals surface area (Å²) in [5, 5.41) is 0.870. The molecule has 0 atom stereocenters. The normalized spacial score (nSPS) is 12.8. The Hall–Kier alpha value is 0.190. The molecule has 0 saturated carbocycles. The molecule has 0 saturated heterocycles. The number of ether oxygens (including phenoxy) is 1. The first kappa shape index (κ1) is 16.2. The molecule has 0 spiro atoms. The van der Waals surface area contributed by atoms with Gasteiger partial charge in [0.25, 0.3) is 0 Å². The van der Waals surface area contributed by atoms with Gasteiger partial charge in [-0.2, -0.15) is 13.2 Å². The molecule has 0 unspecified atom stereocenters. The van der Waals surface area contributed by atoms with Crippen LogP contribution in [0.1, 0.15) is 20.3 Å². The summed E-state index contributed by atoms with van der Waals surface area (Å²) in [5.74, 6) is 0. The molecule has 0 radical (unpaired) electrons. The van der Waals surface area contributed by atoms with E-state index in [1.165, 1.54) is 0 Å². The van der Waals surface area contributed by atoms with E-state index in [9.17, 15) is 13.2 Å². The molecule has 0 aliphatic rings. The van der Waals surface area contributed by atoms with Crippen LogP contribution in [0, 0.1) is 0 Å². The molecule has 0 N–H and O–H groups in total. The highest BCUT2D eigenvalue weighted by Gasteiger charge is 2.27. The van der Waals surface area contributed by atoms with Crippen LogP contribution in [-0.4, -0.2) is 48.8 Å². The monoisotopic (exact) mass is 305 g/mol. The van der Waals surface area contributed by atoms with Crippen LogP contribution >= 0.6 is 15.9 Å². The molecule has 0 aromatic carbocycles. The van der Waals surface area contributed by atoms with Gasteiger partial charge in [-0.05, 0) is 20.3 Å². The molecular weight excluding hydrogens is 287 g/mol. The molecule has 6 heteroatoms. The third kappa shape index (κ3) is 9.42. The SMILES string of the molecule is CC(C)N(CCBr)CCCOCC(F)(F)F. The Balaban J connectivity index is 3.55. The highest BCUT2D eigenvalue weighted by Crippen LogP contribution is 2.14. The summed E-state index contributed by atoms with van der Waals surface area (Å²) in [6.07, 6.45) is -3.59. The third-order valence-corrected chi connectivity index (χ3v) is 2.46. The van der Waals surface area contributed by atoms with E-state index in [-0.39, 0.29) is 6.61 Å². The van der Waals surface area contributed by atoms with E-state index in [1.54, 1.807) is 0 Å². The summed E-state index contributed by atoms with van der Waals surface area (Å²) in [5.41, 5.74) is 0. The Bertz CT molecular complexity index is 176. The molecule has 0 aliphatic carbocycles. The number of rotatable bonds is 8. The number of halogens is 4. The summed E-state index contributed by atoms with van der Waals surface area (Å²) in [6, 6.07) is 0.403. The number of alkyl halides is 4. The highest BCUT2D eigenvalue weighted by molar-refractivity contribution is 9.09. The molecule has 0 bridgehead atoms. The van der Waals surface area contributed by atoms with Gasteiger partial charge in [-0.15, -0.1) is 0 Å². The maximum Gasteiger partial charge on any atom is 0.411 e. The predicted molar refractivity (Wildman–Crippen MR) is 62.0 cm³/mol. The van der Waals surface area contributed by atoms with Gasteiger partial charge in [-0.3, -0.25) is 0 Å². The zero-order chi connectivity index (χ0) is 12.6. The van der Waals surface area contributed by atoms with Crippen molar-refractivity contribution in [2.24, 2.45) is 0 Å². The molecule has 0 amide bonds. The van der Waals surface area contributed by atoms with E-state index >= 15 is 0 Å². The molecule has 0 heterocycles. The fraction of sp³-hybridized carbons (Fsp3) is 1.00. The van der Waals surface area contributed by atoms with Gasteiger partial charge >= 0.3 is 6.18 Å².